The largest absolute Gasteiger partial charge is 0.497 e. The van der Waals surface area contributed by atoms with E-state index in [0.717, 1.165) is 83.6 Å². The molecule has 2 saturated heterocycles. The minimum absolute atomic E-state index is 0.179. The number of carbonyl (C=O) groups excluding carboxylic acids is 1. The van der Waals surface area contributed by atoms with Crippen molar-refractivity contribution in [2.45, 2.75) is 88.0 Å². The molecule has 7 rings (SSSR count). The van der Waals surface area contributed by atoms with Gasteiger partial charge in [-0.3, -0.25) is 9.69 Å². The van der Waals surface area contributed by atoms with Gasteiger partial charge < -0.3 is 9.30 Å². The van der Waals surface area contributed by atoms with Crippen LogP contribution in [0.1, 0.15) is 92.1 Å². The molecule has 3 aromatic rings. The number of hydrogen-bond donors (Lipinski definition) is 1. The summed E-state index contributed by atoms with van der Waals surface area (Å²) >= 11 is 0. The molecule has 1 aromatic heterocycles. The number of carbonyl (C=O) groups is 1. The first-order valence-corrected chi connectivity index (χ1v) is 20.5. The summed E-state index contributed by atoms with van der Waals surface area (Å²) in [6.45, 7) is 6.80. The summed E-state index contributed by atoms with van der Waals surface area (Å²) in [5.74, 6) is -0.185. The number of fused-ring (bicyclic) bond motifs is 6. The van der Waals surface area contributed by atoms with Crippen molar-refractivity contribution in [3.63, 3.8) is 0 Å². The van der Waals surface area contributed by atoms with Crippen LogP contribution in [0.4, 0.5) is 0 Å². The predicted molar refractivity (Wildman–Crippen MR) is 192 cm³/mol. The number of piperazine rings is 1. The van der Waals surface area contributed by atoms with Gasteiger partial charge in [0.25, 0.3) is 5.91 Å². The van der Waals surface area contributed by atoms with Crippen molar-refractivity contribution in [1.82, 2.24) is 22.8 Å². The molecule has 0 radical (unpaired) electrons. The molecule has 0 bridgehead atoms. The molecular weight excluding hydrogens is 663 g/mol. The Kier molecular flexibility index (Phi) is 8.91. The van der Waals surface area contributed by atoms with Crippen LogP contribution in [0, 0.1) is 0 Å². The molecular formula is C36H49N5O6S2. The minimum Gasteiger partial charge on any atom is -0.497 e. The van der Waals surface area contributed by atoms with Crippen LogP contribution in [0.5, 0.6) is 5.75 Å². The maximum atomic E-state index is 15.2. The molecule has 4 heterocycles. The van der Waals surface area contributed by atoms with Crippen molar-refractivity contribution >= 4 is 37.0 Å². The fourth-order valence-electron chi connectivity index (χ4n) is 8.85. The molecule has 4 aliphatic rings. The Balaban J connectivity index is 1.46. The molecule has 1 amide bonds. The zero-order chi connectivity index (χ0) is 34.9. The highest BCUT2D eigenvalue weighted by Crippen LogP contribution is 2.52. The van der Waals surface area contributed by atoms with Crippen molar-refractivity contribution in [2.24, 2.45) is 0 Å². The molecule has 1 saturated carbocycles. The summed E-state index contributed by atoms with van der Waals surface area (Å²) in [5.41, 5.74) is 5.02. The fourth-order valence-corrected chi connectivity index (χ4v) is 11.5. The summed E-state index contributed by atoms with van der Waals surface area (Å²) in [6, 6.07) is 11.6. The Bertz CT molecular complexity index is 2000. The van der Waals surface area contributed by atoms with E-state index in [1.165, 1.54) is 26.1 Å². The standard InChI is InChI=1S/C36H49N5O6S2/c1-24-31-21-28(47-5)14-16-29(31)34-33(25-10-7-6-8-11-25)30-15-13-26(35(42)37-49(45,46)38(3)4)20-32(30)41(34)23-36(24,2)48(43,44)40-19-18-39-17-9-12-27(39)22-40/h13-16,20-21,24-25,27H,6-12,17-19,22-23H2,1-5H3,(H,37,42). The lowest BCUT2D eigenvalue weighted by Crippen LogP contribution is -2.58. The first kappa shape index (κ1) is 34.5. The maximum Gasteiger partial charge on any atom is 0.303 e. The van der Waals surface area contributed by atoms with Crippen LogP contribution in [-0.4, -0.2) is 99.0 Å². The van der Waals surface area contributed by atoms with Crippen LogP contribution in [0.25, 0.3) is 22.2 Å². The van der Waals surface area contributed by atoms with Gasteiger partial charge in [0.05, 0.1) is 12.8 Å². The van der Waals surface area contributed by atoms with Gasteiger partial charge in [0, 0.05) is 74.3 Å². The van der Waals surface area contributed by atoms with Gasteiger partial charge in [0.2, 0.25) is 10.0 Å². The van der Waals surface area contributed by atoms with Crippen LogP contribution in [0.2, 0.25) is 0 Å². The van der Waals surface area contributed by atoms with E-state index < -0.39 is 36.8 Å². The quantitative estimate of drug-likeness (QED) is 0.371. The van der Waals surface area contributed by atoms with Crippen LogP contribution in [0.15, 0.2) is 36.4 Å². The third-order valence-electron chi connectivity index (χ3n) is 11.9. The van der Waals surface area contributed by atoms with Gasteiger partial charge in [-0.2, -0.15) is 17.0 Å². The van der Waals surface area contributed by atoms with Crippen LogP contribution in [-0.2, 0) is 26.8 Å². The number of methoxy groups -OCH3 is 1. The normalized spacial score (nSPS) is 25.5. The Hall–Kier alpha value is -2.97. The fraction of sp³-hybridized carbons (Fsp3) is 0.583. The summed E-state index contributed by atoms with van der Waals surface area (Å²) < 4.78 is 67.0. The highest BCUT2D eigenvalue weighted by Gasteiger charge is 2.52. The van der Waals surface area contributed by atoms with E-state index in [4.69, 9.17) is 4.74 Å². The van der Waals surface area contributed by atoms with Gasteiger partial charge in [-0.05, 0) is 86.5 Å². The summed E-state index contributed by atoms with van der Waals surface area (Å²) in [7, 11) is -3.52. The molecule has 13 heteroatoms. The topological polar surface area (TPSA) is 121 Å². The SMILES string of the molecule is COc1ccc2c(c1)C(C)C(C)(S(=O)(=O)N1CCN3CCCC3C1)Cn1c-2c(C2CCCCC2)c2ccc(C(=O)NS(=O)(=O)N(C)C)cc21. The van der Waals surface area contributed by atoms with Crippen LogP contribution >= 0.6 is 0 Å². The van der Waals surface area contributed by atoms with Gasteiger partial charge in [0.1, 0.15) is 10.5 Å². The third-order valence-corrected chi connectivity index (χ3v) is 16.0. The second kappa shape index (κ2) is 12.7. The van der Waals surface area contributed by atoms with E-state index >= 15 is 8.42 Å². The number of rotatable bonds is 7. The maximum absolute atomic E-state index is 15.2. The lowest BCUT2D eigenvalue weighted by Gasteiger charge is -2.43. The number of ether oxygens (including phenoxy) is 1. The summed E-state index contributed by atoms with van der Waals surface area (Å²) in [4.78, 5) is 15.8. The number of benzene rings is 2. The molecule has 266 valence electrons. The highest BCUT2D eigenvalue weighted by atomic mass is 32.2. The van der Waals surface area contributed by atoms with Gasteiger partial charge in [-0.15, -0.1) is 0 Å². The molecule has 11 nitrogen and oxygen atoms in total. The van der Waals surface area contributed by atoms with Crippen molar-refractivity contribution in [1.29, 1.82) is 0 Å². The Morgan fingerprint density at radius 1 is 0.959 bits per heavy atom. The molecule has 49 heavy (non-hydrogen) atoms. The van der Waals surface area contributed by atoms with E-state index in [-0.39, 0.29) is 24.1 Å². The lowest BCUT2D eigenvalue weighted by molar-refractivity contribution is 0.0979. The first-order valence-electron chi connectivity index (χ1n) is 17.6. The Labute approximate surface area is 290 Å². The molecule has 1 N–H and O–H groups in total. The van der Waals surface area contributed by atoms with Gasteiger partial charge >= 0.3 is 10.2 Å². The van der Waals surface area contributed by atoms with Crippen molar-refractivity contribution in [3.05, 3.63) is 53.1 Å². The lowest BCUT2D eigenvalue weighted by atomic mass is 9.80. The average molecular weight is 712 g/mol. The molecule has 0 spiro atoms. The first-order chi connectivity index (χ1) is 23.3. The zero-order valence-corrected chi connectivity index (χ0v) is 30.9. The highest BCUT2D eigenvalue weighted by molar-refractivity contribution is 7.90. The van der Waals surface area contributed by atoms with E-state index in [1.54, 1.807) is 23.5 Å². The van der Waals surface area contributed by atoms with Gasteiger partial charge in [0.15, 0.2) is 0 Å². The van der Waals surface area contributed by atoms with Crippen LogP contribution < -0.4 is 9.46 Å². The summed E-state index contributed by atoms with van der Waals surface area (Å²) in [6.07, 6.45) is 7.56. The average Bonchev–Trinajstić information content (AvgIpc) is 3.67. The molecule has 3 fully saturated rings. The molecule has 3 unspecified atom stereocenters. The predicted octanol–water partition coefficient (Wildman–Crippen LogP) is 4.89. The zero-order valence-electron chi connectivity index (χ0n) is 29.2. The second-order valence-electron chi connectivity index (χ2n) is 14.8. The number of aromatic nitrogens is 1. The summed E-state index contributed by atoms with van der Waals surface area (Å²) in [5, 5.41) is 0.976. The molecule has 3 atom stereocenters. The van der Waals surface area contributed by atoms with Crippen molar-refractivity contribution < 1.29 is 26.4 Å². The number of nitrogens with one attached hydrogen (secondary N) is 1. The van der Waals surface area contributed by atoms with Gasteiger partial charge in [-0.1, -0.05) is 32.3 Å². The van der Waals surface area contributed by atoms with Crippen molar-refractivity contribution in [3.8, 4) is 17.0 Å². The molecule has 3 aliphatic heterocycles. The van der Waals surface area contributed by atoms with E-state index in [9.17, 15) is 13.2 Å². The molecule has 2 aromatic carbocycles. The van der Waals surface area contributed by atoms with E-state index in [1.807, 2.05) is 32.0 Å². The molecule has 1 aliphatic carbocycles. The van der Waals surface area contributed by atoms with Gasteiger partial charge in [-0.25, -0.2) is 13.1 Å². The monoisotopic (exact) mass is 711 g/mol. The number of nitrogens with zero attached hydrogens (tertiary/aromatic N) is 4. The number of hydrogen-bond acceptors (Lipinski definition) is 7. The van der Waals surface area contributed by atoms with E-state index in [2.05, 4.69) is 20.3 Å². The van der Waals surface area contributed by atoms with Crippen molar-refractivity contribution in [2.75, 3.05) is 47.4 Å². The number of sulfonamides is 1. The minimum atomic E-state index is -4.02. The van der Waals surface area contributed by atoms with E-state index in [0.29, 0.717) is 18.8 Å². The third kappa shape index (κ3) is 5.69. The number of amides is 1. The smallest absolute Gasteiger partial charge is 0.303 e. The second-order valence-corrected chi connectivity index (χ2v) is 19.1. The van der Waals surface area contributed by atoms with Crippen LogP contribution in [0.3, 0.4) is 0 Å². The Morgan fingerprint density at radius 2 is 1.71 bits per heavy atom. The Morgan fingerprint density at radius 3 is 2.43 bits per heavy atom.